The van der Waals surface area contributed by atoms with Crippen molar-refractivity contribution < 1.29 is 4.79 Å². The third kappa shape index (κ3) is 3.29. The molecule has 1 fully saturated rings. The third-order valence-corrected chi connectivity index (χ3v) is 7.34. The van der Waals surface area contributed by atoms with Gasteiger partial charge in [-0.05, 0) is 62.5 Å². The topological polar surface area (TPSA) is 62.5 Å². The van der Waals surface area contributed by atoms with Crippen molar-refractivity contribution >= 4 is 17.2 Å². The number of amides is 1. The van der Waals surface area contributed by atoms with Crippen LogP contribution in [0.4, 0.5) is 5.82 Å². The van der Waals surface area contributed by atoms with E-state index in [2.05, 4.69) is 34.5 Å². The second-order valence-corrected chi connectivity index (χ2v) is 9.26. The van der Waals surface area contributed by atoms with Gasteiger partial charge in [-0.25, -0.2) is 9.50 Å². The minimum Gasteiger partial charge on any atom is -0.354 e. The molecule has 0 saturated carbocycles. The van der Waals surface area contributed by atoms with Gasteiger partial charge in [0.2, 0.25) is 5.91 Å². The number of nitrogens with one attached hydrogen (secondary N) is 1. The molecule has 1 N–H and O–H groups in total. The molecule has 1 aromatic carbocycles. The van der Waals surface area contributed by atoms with Crippen molar-refractivity contribution in [3.8, 4) is 0 Å². The quantitative estimate of drug-likeness (QED) is 0.710. The van der Waals surface area contributed by atoms with E-state index >= 15 is 0 Å². The van der Waals surface area contributed by atoms with Gasteiger partial charge in [-0.3, -0.25) is 4.79 Å². The van der Waals surface area contributed by atoms with Crippen LogP contribution in [0.3, 0.4) is 0 Å². The summed E-state index contributed by atoms with van der Waals surface area (Å²) in [6, 6.07) is 8.66. The molecule has 0 bridgehead atoms. The number of benzene rings is 1. The fourth-order valence-corrected chi connectivity index (χ4v) is 5.76. The fourth-order valence-electron chi connectivity index (χ4n) is 5.76. The number of rotatable bonds is 3. The van der Waals surface area contributed by atoms with Gasteiger partial charge in [-0.1, -0.05) is 24.3 Å². The lowest BCUT2D eigenvalue weighted by molar-refractivity contribution is -0.126. The van der Waals surface area contributed by atoms with Gasteiger partial charge in [-0.2, -0.15) is 5.10 Å². The van der Waals surface area contributed by atoms with Gasteiger partial charge in [-0.15, -0.1) is 0 Å². The number of carbonyl (C=O) groups is 1. The summed E-state index contributed by atoms with van der Waals surface area (Å²) in [4.78, 5) is 20.3. The predicted octanol–water partition coefficient (Wildman–Crippen LogP) is 3.63. The average molecular weight is 416 g/mol. The van der Waals surface area contributed by atoms with Crippen LogP contribution in [0.25, 0.3) is 5.52 Å². The molecule has 3 aromatic rings. The zero-order valence-corrected chi connectivity index (χ0v) is 17.9. The van der Waals surface area contributed by atoms with Gasteiger partial charge < -0.3 is 10.2 Å². The standard InChI is InChI=1S/C25H29N5O/c31-25(27-21-12-11-17-6-1-2-8-19(17)21)18-7-5-14-29(16-18)24-23-20-9-3-4-10-22(20)28-30(23)15-13-26-24/h1-2,6,8,13,15,18,21H,3-5,7,9-12,14,16H2,(H,27,31)/t18-,21+/m0/s1. The summed E-state index contributed by atoms with van der Waals surface area (Å²) >= 11 is 0. The molecule has 2 aliphatic carbocycles. The van der Waals surface area contributed by atoms with Crippen molar-refractivity contribution in [2.75, 3.05) is 18.0 Å². The summed E-state index contributed by atoms with van der Waals surface area (Å²) in [5, 5.41) is 8.18. The zero-order valence-electron chi connectivity index (χ0n) is 17.9. The van der Waals surface area contributed by atoms with E-state index in [4.69, 9.17) is 10.1 Å². The second-order valence-electron chi connectivity index (χ2n) is 9.26. The predicted molar refractivity (Wildman–Crippen MR) is 120 cm³/mol. The largest absolute Gasteiger partial charge is 0.354 e. The Balaban J connectivity index is 1.23. The lowest BCUT2D eigenvalue weighted by Gasteiger charge is -2.34. The Morgan fingerprint density at radius 3 is 2.94 bits per heavy atom. The van der Waals surface area contributed by atoms with Crippen LogP contribution in [0.15, 0.2) is 36.7 Å². The minimum absolute atomic E-state index is 0.00214. The number of hydrogen-bond donors (Lipinski definition) is 1. The van der Waals surface area contributed by atoms with E-state index in [1.807, 2.05) is 16.9 Å². The number of aryl methyl sites for hydroxylation is 3. The Morgan fingerprint density at radius 2 is 1.97 bits per heavy atom. The first-order valence-electron chi connectivity index (χ1n) is 11.8. The molecular formula is C25H29N5O. The van der Waals surface area contributed by atoms with Gasteiger partial charge in [0, 0.05) is 31.0 Å². The van der Waals surface area contributed by atoms with Crippen LogP contribution in [-0.2, 0) is 24.1 Å². The summed E-state index contributed by atoms with van der Waals surface area (Å²) in [6.07, 6.45) is 12.4. The van der Waals surface area contributed by atoms with Crippen LogP contribution >= 0.6 is 0 Å². The maximum Gasteiger partial charge on any atom is 0.225 e. The van der Waals surface area contributed by atoms with Crippen molar-refractivity contribution in [1.82, 2.24) is 19.9 Å². The van der Waals surface area contributed by atoms with E-state index in [9.17, 15) is 4.79 Å². The van der Waals surface area contributed by atoms with E-state index in [0.29, 0.717) is 0 Å². The van der Waals surface area contributed by atoms with Crippen LogP contribution in [0.1, 0.15) is 60.5 Å². The molecule has 1 amide bonds. The van der Waals surface area contributed by atoms with E-state index in [-0.39, 0.29) is 17.9 Å². The smallest absolute Gasteiger partial charge is 0.225 e. The molecule has 3 heterocycles. The van der Waals surface area contributed by atoms with Gasteiger partial charge in [0.1, 0.15) is 5.52 Å². The molecule has 1 saturated heterocycles. The lowest BCUT2D eigenvalue weighted by Crippen LogP contribution is -2.44. The van der Waals surface area contributed by atoms with Crippen molar-refractivity contribution in [2.24, 2.45) is 5.92 Å². The molecule has 6 heteroatoms. The highest BCUT2D eigenvalue weighted by molar-refractivity contribution is 5.81. The SMILES string of the molecule is O=C(N[C@@H]1CCc2ccccc21)[C@H]1CCCN(c2nccn3nc4c(c23)CCCC4)C1. The number of carbonyl (C=O) groups excluding carboxylic acids is 1. The summed E-state index contributed by atoms with van der Waals surface area (Å²) in [6.45, 7) is 1.68. The molecule has 6 rings (SSSR count). The highest BCUT2D eigenvalue weighted by Crippen LogP contribution is 2.34. The van der Waals surface area contributed by atoms with Crippen LogP contribution in [0.2, 0.25) is 0 Å². The van der Waals surface area contributed by atoms with Crippen molar-refractivity contribution in [2.45, 2.75) is 57.4 Å². The maximum atomic E-state index is 13.2. The number of anilines is 1. The highest BCUT2D eigenvalue weighted by atomic mass is 16.2. The molecule has 0 unspecified atom stereocenters. The van der Waals surface area contributed by atoms with Crippen LogP contribution in [0.5, 0.6) is 0 Å². The third-order valence-electron chi connectivity index (χ3n) is 7.34. The molecule has 31 heavy (non-hydrogen) atoms. The molecule has 160 valence electrons. The van der Waals surface area contributed by atoms with Crippen LogP contribution in [-0.4, -0.2) is 33.6 Å². The van der Waals surface area contributed by atoms with E-state index in [0.717, 1.165) is 62.9 Å². The summed E-state index contributed by atoms with van der Waals surface area (Å²) < 4.78 is 2.01. The number of nitrogens with zero attached hydrogens (tertiary/aromatic N) is 4. The molecule has 2 aromatic heterocycles. The molecule has 6 nitrogen and oxygen atoms in total. The van der Waals surface area contributed by atoms with E-state index in [1.54, 1.807) is 0 Å². The molecule has 3 aliphatic rings. The Kier molecular flexibility index (Phi) is 4.66. The summed E-state index contributed by atoms with van der Waals surface area (Å²) in [5.74, 6) is 1.19. The fraction of sp³-hybridized carbons (Fsp3) is 0.480. The average Bonchev–Trinajstić information content (AvgIpc) is 3.40. The normalized spacial score (nSPS) is 22.9. The van der Waals surface area contributed by atoms with Gasteiger partial charge in [0.05, 0.1) is 17.7 Å². The Morgan fingerprint density at radius 1 is 1.06 bits per heavy atom. The second kappa shape index (κ2) is 7.66. The van der Waals surface area contributed by atoms with Gasteiger partial charge in [0.15, 0.2) is 5.82 Å². The van der Waals surface area contributed by atoms with Crippen molar-refractivity contribution in [3.63, 3.8) is 0 Å². The molecule has 0 radical (unpaired) electrons. The molecule has 0 spiro atoms. The van der Waals surface area contributed by atoms with Crippen molar-refractivity contribution in [3.05, 3.63) is 59.0 Å². The summed E-state index contributed by atoms with van der Waals surface area (Å²) in [7, 11) is 0. The molecule has 2 atom stereocenters. The first-order chi connectivity index (χ1) is 15.3. The Bertz CT molecular complexity index is 1140. The van der Waals surface area contributed by atoms with Gasteiger partial charge >= 0.3 is 0 Å². The van der Waals surface area contributed by atoms with E-state index < -0.39 is 0 Å². The first-order valence-corrected chi connectivity index (χ1v) is 11.8. The Hall–Kier alpha value is -2.89. The number of fused-ring (bicyclic) bond motifs is 4. The van der Waals surface area contributed by atoms with Crippen LogP contribution < -0.4 is 10.2 Å². The van der Waals surface area contributed by atoms with Crippen LogP contribution in [0, 0.1) is 5.92 Å². The maximum absolute atomic E-state index is 13.2. The highest BCUT2D eigenvalue weighted by Gasteiger charge is 2.32. The van der Waals surface area contributed by atoms with Crippen molar-refractivity contribution in [1.29, 1.82) is 0 Å². The lowest BCUT2D eigenvalue weighted by atomic mass is 9.95. The van der Waals surface area contributed by atoms with E-state index in [1.165, 1.54) is 35.2 Å². The monoisotopic (exact) mass is 415 g/mol. The Labute approximate surface area is 182 Å². The number of piperidine rings is 1. The minimum atomic E-state index is 0.00214. The number of aromatic nitrogens is 3. The molecule has 1 aliphatic heterocycles. The summed E-state index contributed by atoms with van der Waals surface area (Å²) in [5.41, 5.74) is 6.42. The number of hydrogen-bond acceptors (Lipinski definition) is 4. The zero-order chi connectivity index (χ0) is 20.8. The molecular weight excluding hydrogens is 386 g/mol. The van der Waals surface area contributed by atoms with Gasteiger partial charge in [0.25, 0.3) is 0 Å². The first kappa shape index (κ1) is 18.8.